The zero-order chi connectivity index (χ0) is 16.2. The predicted molar refractivity (Wildman–Crippen MR) is 80.9 cm³/mol. The van der Waals surface area contributed by atoms with Gasteiger partial charge >= 0.3 is 0 Å². The standard InChI is InChI=1S/C13H16Cl2FNO3S/c1-3-4-5-8(2)17-13(18)9-6-12(21(15,19)20)10(14)7-11(9)16/h6-8H,3-5H2,1-2H3,(H,17,18). The van der Waals surface area contributed by atoms with E-state index in [1.807, 2.05) is 6.92 Å². The maximum atomic E-state index is 13.8. The Labute approximate surface area is 133 Å². The molecule has 0 aliphatic rings. The van der Waals surface area contributed by atoms with Crippen LogP contribution in [0.4, 0.5) is 4.39 Å². The van der Waals surface area contributed by atoms with Gasteiger partial charge in [-0.25, -0.2) is 12.8 Å². The molecule has 1 aromatic rings. The molecule has 1 amide bonds. The summed E-state index contributed by atoms with van der Waals surface area (Å²) < 4.78 is 36.4. The number of rotatable bonds is 6. The molecule has 1 rings (SSSR count). The molecule has 0 bridgehead atoms. The Morgan fingerprint density at radius 2 is 2.05 bits per heavy atom. The SMILES string of the molecule is CCCCC(C)NC(=O)c1cc(S(=O)(=O)Cl)c(Cl)cc1F. The van der Waals surface area contributed by atoms with Gasteiger partial charge < -0.3 is 5.32 Å². The van der Waals surface area contributed by atoms with Crippen LogP contribution in [0.15, 0.2) is 17.0 Å². The summed E-state index contributed by atoms with van der Waals surface area (Å²) in [6.45, 7) is 3.81. The predicted octanol–water partition coefficient (Wildman–Crippen LogP) is 3.72. The van der Waals surface area contributed by atoms with Crippen LogP contribution in [0.25, 0.3) is 0 Å². The molecule has 4 nitrogen and oxygen atoms in total. The summed E-state index contributed by atoms with van der Waals surface area (Å²) in [6.07, 6.45) is 2.65. The van der Waals surface area contributed by atoms with Crippen LogP contribution in [-0.4, -0.2) is 20.4 Å². The van der Waals surface area contributed by atoms with Crippen molar-refractivity contribution in [2.24, 2.45) is 0 Å². The van der Waals surface area contributed by atoms with Crippen molar-refractivity contribution < 1.29 is 17.6 Å². The lowest BCUT2D eigenvalue weighted by molar-refractivity contribution is 0.0933. The average Bonchev–Trinajstić information content (AvgIpc) is 2.34. The van der Waals surface area contributed by atoms with Crippen molar-refractivity contribution in [3.05, 3.63) is 28.5 Å². The Bertz CT molecular complexity index is 635. The minimum absolute atomic E-state index is 0.149. The quantitative estimate of drug-likeness (QED) is 0.791. The van der Waals surface area contributed by atoms with E-state index in [2.05, 4.69) is 5.32 Å². The van der Waals surface area contributed by atoms with Gasteiger partial charge in [0, 0.05) is 16.7 Å². The number of nitrogens with one attached hydrogen (secondary N) is 1. The van der Waals surface area contributed by atoms with Gasteiger partial charge in [-0.3, -0.25) is 4.79 Å². The van der Waals surface area contributed by atoms with Crippen LogP contribution in [0.2, 0.25) is 5.02 Å². The van der Waals surface area contributed by atoms with Crippen molar-refractivity contribution >= 4 is 37.2 Å². The van der Waals surface area contributed by atoms with Crippen molar-refractivity contribution in [1.82, 2.24) is 5.32 Å². The van der Waals surface area contributed by atoms with Gasteiger partial charge in [-0.2, -0.15) is 0 Å². The number of halogens is 3. The zero-order valence-corrected chi connectivity index (χ0v) is 13.9. The third-order valence-corrected chi connectivity index (χ3v) is 4.68. The van der Waals surface area contributed by atoms with Crippen molar-refractivity contribution in [2.75, 3.05) is 0 Å². The number of amides is 1. The Morgan fingerprint density at radius 3 is 2.57 bits per heavy atom. The summed E-state index contributed by atoms with van der Waals surface area (Å²) in [5, 5.41) is 2.25. The fraction of sp³-hybridized carbons (Fsp3) is 0.462. The molecule has 8 heteroatoms. The third-order valence-electron chi connectivity index (χ3n) is 2.90. The molecule has 118 valence electrons. The van der Waals surface area contributed by atoms with Crippen molar-refractivity contribution in [3.63, 3.8) is 0 Å². The highest BCUT2D eigenvalue weighted by Crippen LogP contribution is 2.27. The van der Waals surface area contributed by atoms with E-state index < -0.39 is 31.2 Å². The molecule has 0 spiro atoms. The van der Waals surface area contributed by atoms with Gasteiger partial charge in [0.05, 0.1) is 10.6 Å². The lowest BCUT2D eigenvalue weighted by Gasteiger charge is -2.14. The second-order valence-electron chi connectivity index (χ2n) is 4.72. The van der Waals surface area contributed by atoms with Gasteiger partial charge in [-0.05, 0) is 25.5 Å². The summed E-state index contributed by atoms with van der Waals surface area (Å²) >= 11 is 5.63. The van der Waals surface area contributed by atoms with E-state index in [0.717, 1.165) is 31.4 Å². The summed E-state index contributed by atoms with van der Waals surface area (Å²) in [5.74, 6) is -1.60. The van der Waals surface area contributed by atoms with Crippen LogP contribution in [-0.2, 0) is 9.05 Å². The van der Waals surface area contributed by atoms with Gasteiger partial charge in [-0.15, -0.1) is 0 Å². The minimum atomic E-state index is -4.16. The number of carbonyl (C=O) groups excluding carboxylic acids is 1. The van der Waals surface area contributed by atoms with Crippen LogP contribution < -0.4 is 5.32 Å². The molecule has 0 saturated carbocycles. The summed E-state index contributed by atoms with van der Waals surface area (Å²) in [5.41, 5.74) is -0.401. The largest absolute Gasteiger partial charge is 0.349 e. The Morgan fingerprint density at radius 1 is 1.43 bits per heavy atom. The highest BCUT2D eigenvalue weighted by molar-refractivity contribution is 8.13. The Kier molecular flexibility index (Phi) is 6.43. The second-order valence-corrected chi connectivity index (χ2v) is 7.66. The van der Waals surface area contributed by atoms with Gasteiger partial charge in [0.15, 0.2) is 0 Å². The molecule has 0 heterocycles. The fourth-order valence-electron chi connectivity index (χ4n) is 1.77. The maximum Gasteiger partial charge on any atom is 0.262 e. The maximum absolute atomic E-state index is 13.8. The number of benzene rings is 1. The molecule has 1 N–H and O–H groups in total. The van der Waals surface area contributed by atoms with Crippen LogP contribution in [0.1, 0.15) is 43.5 Å². The first-order valence-corrected chi connectivity index (χ1v) is 9.10. The minimum Gasteiger partial charge on any atom is -0.349 e. The van der Waals surface area contributed by atoms with E-state index >= 15 is 0 Å². The first-order chi connectivity index (χ1) is 9.66. The lowest BCUT2D eigenvalue weighted by atomic mass is 10.1. The highest BCUT2D eigenvalue weighted by Gasteiger charge is 2.22. The van der Waals surface area contributed by atoms with E-state index in [4.69, 9.17) is 22.3 Å². The average molecular weight is 356 g/mol. The Balaban J connectivity index is 3.05. The molecular formula is C13H16Cl2FNO3S. The molecule has 1 unspecified atom stereocenters. The van der Waals surface area contributed by atoms with Crippen LogP contribution >= 0.6 is 22.3 Å². The molecule has 1 aromatic carbocycles. The fourth-order valence-corrected chi connectivity index (χ4v) is 3.28. The first kappa shape index (κ1) is 18.2. The zero-order valence-electron chi connectivity index (χ0n) is 11.6. The van der Waals surface area contributed by atoms with Crippen LogP contribution in [0.5, 0.6) is 0 Å². The highest BCUT2D eigenvalue weighted by atomic mass is 35.7. The van der Waals surface area contributed by atoms with E-state index in [0.29, 0.717) is 0 Å². The second kappa shape index (κ2) is 7.42. The van der Waals surface area contributed by atoms with Gasteiger partial charge in [0.25, 0.3) is 15.0 Å². The summed E-state index contributed by atoms with van der Waals surface area (Å²) in [4.78, 5) is 11.5. The van der Waals surface area contributed by atoms with E-state index in [9.17, 15) is 17.6 Å². The topological polar surface area (TPSA) is 63.2 Å². The smallest absolute Gasteiger partial charge is 0.262 e. The van der Waals surface area contributed by atoms with Gasteiger partial charge in [0.2, 0.25) is 0 Å². The lowest BCUT2D eigenvalue weighted by Crippen LogP contribution is -2.33. The van der Waals surface area contributed by atoms with Crippen LogP contribution in [0.3, 0.4) is 0 Å². The Hall–Kier alpha value is -0.850. The first-order valence-electron chi connectivity index (χ1n) is 6.41. The molecule has 0 aliphatic carbocycles. The van der Waals surface area contributed by atoms with Crippen molar-refractivity contribution in [2.45, 2.75) is 44.0 Å². The molecule has 21 heavy (non-hydrogen) atoms. The number of hydrogen-bond acceptors (Lipinski definition) is 3. The van der Waals surface area contributed by atoms with E-state index in [-0.39, 0.29) is 11.1 Å². The number of unbranched alkanes of at least 4 members (excludes halogenated alkanes) is 1. The van der Waals surface area contributed by atoms with E-state index in [1.165, 1.54) is 0 Å². The number of hydrogen-bond donors (Lipinski definition) is 1. The summed E-state index contributed by atoms with van der Waals surface area (Å²) in [6, 6.07) is 1.47. The van der Waals surface area contributed by atoms with E-state index in [1.54, 1.807) is 6.92 Å². The molecular weight excluding hydrogens is 340 g/mol. The molecule has 1 atom stereocenters. The van der Waals surface area contributed by atoms with Gasteiger partial charge in [0.1, 0.15) is 10.7 Å². The molecule has 0 radical (unpaired) electrons. The summed E-state index contributed by atoms with van der Waals surface area (Å²) in [7, 11) is 1.05. The van der Waals surface area contributed by atoms with Crippen LogP contribution in [0, 0.1) is 5.82 Å². The normalized spacial score (nSPS) is 13.0. The number of carbonyl (C=O) groups is 1. The molecule has 0 saturated heterocycles. The van der Waals surface area contributed by atoms with Crippen molar-refractivity contribution in [3.8, 4) is 0 Å². The van der Waals surface area contributed by atoms with Gasteiger partial charge in [-0.1, -0.05) is 31.4 Å². The van der Waals surface area contributed by atoms with Crippen molar-refractivity contribution in [1.29, 1.82) is 0 Å². The monoisotopic (exact) mass is 355 g/mol. The third kappa shape index (κ3) is 5.13. The molecule has 0 fully saturated rings. The molecule has 0 aromatic heterocycles. The molecule has 0 aliphatic heterocycles.